The van der Waals surface area contributed by atoms with Crippen LogP contribution in [-0.2, 0) is 0 Å². The van der Waals surface area contributed by atoms with Crippen molar-refractivity contribution in [2.24, 2.45) is 0 Å². The van der Waals surface area contributed by atoms with E-state index in [0.717, 1.165) is 0 Å². The second-order valence-corrected chi connectivity index (χ2v) is 3.47. The van der Waals surface area contributed by atoms with Gasteiger partial charge in [-0.05, 0) is 18.2 Å². The molecule has 2 N–H and O–H groups in total. The second kappa shape index (κ2) is 5.89. The highest BCUT2D eigenvalue weighted by Crippen LogP contribution is 2.17. The lowest BCUT2D eigenvalue weighted by Crippen LogP contribution is -2.20. The molecule has 0 saturated heterocycles. The highest BCUT2D eigenvalue weighted by molar-refractivity contribution is 7.80. The normalized spacial score (nSPS) is 14.7. The molecule has 1 aromatic heterocycles. The molecule has 0 saturated carbocycles. The van der Waals surface area contributed by atoms with E-state index in [1.165, 1.54) is 7.11 Å². The van der Waals surface area contributed by atoms with Crippen LogP contribution in [0.3, 0.4) is 0 Å². The van der Waals surface area contributed by atoms with Crippen molar-refractivity contribution in [3.05, 3.63) is 17.8 Å². The summed E-state index contributed by atoms with van der Waals surface area (Å²) >= 11 is 3.97. The maximum Gasteiger partial charge on any atom is 0.233 e. The van der Waals surface area contributed by atoms with Gasteiger partial charge in [-0.15, -0.1) is 10.2 Å². The summed E-state index contributed by atoms with van der Waals surface area (Å²) in [6.07, 6.45) is -1.50. The molecule has 5 nitrogen and oxygen atoms in total. The quantitative estimate of drug-likeness (QED) is 0.630. The van der Waals surface area contributed by atoms with Gasteiger partial charge in [-0.3, -0.25) is 0 Å². The van der Waals surface area contributed by atoms with Crippen LogP contribution in [0.25, 0.3) is 0 Å². The maximum absolute atomic E-state index is 9.66. The number of thiol groups is 1. The summed E-state index contributed by atoms with van der Waals surface area (Å²) in [6, 6.07) is 3.15. The third-order valence-electron chi connectivity index (χ3n) is 1.96. The molecule has 0 aliphatic heterocycles. The summed E-state index contributed by atoms with van der Waals surface area (Å²) in [5, 5.41) is 26.6. The number of hydrogen-bond donors (Lipinski definition) is 3. The monoisotopic (exact) mass is 230 g/mol. The Morgan fingerprint density at radius 1 is 1.40 bits per heavy atom. The van der Waals surface area contributed by atoms with Crippen LogP contribution in [0.2, 0.25) is 0 Å². The Morgan fingerprint density at radius 2 is 2.13 bits per heavy atom. The molecule has 0 spiro atoms. The van der Waals surface area contributed by atoms with Crippen LogP contribution in [0.5, 0.6) is 5.88 Å². The van der Waals surface area contributed by atoms with Gasteiger partial charge in [-0.2, -0.15) is 12.6 Å². The third-order valence-corrected chi connectivity index (χ3v) is 2.22. The van der Waals surface area contributed by atoms with Crippen molar-refractivity contribution in [3.63, 3.8) is 0 Å². The van der Waals surface area contributed by atoms with E-state index in [9.17, 15) is 10.2 Å². The number of aliphatic hydroxyl groups is 2. The third kappa shape index (κ3) is 3.33. The van der Waals surface area contributed by atoms with E-state index in [0.29, 0.717) is 23.7 Å². The number of aromatic nitrogens is 2. The number of nitrogens with zero attached hydrogens (tertiary/aromatic N) is 2. The lowest BCUT2D eigenvalue weighted by atomic mass is 10.1. The molecule has 1 rings (SSSR count). The van der Waals surface area contributed by atoms with Crippen LogP contribution in [0.1, 0.15) is 18.2 Å². The molecule has 0 radical (unpaired) electrons. The Bertz CT molecular complexity index is 294. The summed E-state index contributed by atoms with van der Waals surface area (Å²) in [6.45, 7) is 0. The molecule has 84 valence electrons. The van der Waals surface area contributed by atoms with Gasteiger partial charge in [0.1, 0.15) is 6.10 Å². The maximum atomic E-state index is 9.66. The summed E-state index contributed by atoms with van der Waals surface area (Å²) < 4.78 is 4.83. The van der Waals surface area contributed by atoms with Gasteiger partial charge in [0.15, 0.2) is 0 Å². The zero-order valence-electron chi connectivity index (χ0n) is 8.37. The molecule has 1 heterocycles. The van der Waals surface area contributed by atoms with Gasteiger partial charge >= 0.3 is 0 Å². The van der Waals surface area contributed by atoms with Gasteiger partial charge in [0.05, 0.1) is 18.9 Å². The fourth-order valence-electron chi connectivity index (χ4n) is 1.08. The summed E-state index contributed by atoms with van der Waals surface area (Å²) in [5.74, 6) is 0.872. The smallest absolute Gasteiger partial charge is 0.233 e. The van der Waals surface area contributed by atoms with Crippen LogP contribution in [0.15, 0.2) is 12.1 Å². The molecule has 0 aliphatic carbocycles. The minimum atomic E-state index is -1.03. The van der Waals surface area contributed by atoms with E-state index in [4.69, 9.17) is 4.74 Å². The molecule has 0 fully saturated rings. The molecular formula is C9H14N2O3S. The van der Waals surface area contributed by atoms with E-state index >= 15 is 0 Å². The molecule has 0 aliphatic rings. The number of ether oxygens (including phenoxy) is 1. The van der Waals surface area contributed by atoms with Crippen LogP contribution in [0.4, 0.5) is 0 Å². The van der Waals surface area contributed by atoms with Crippen LogP contribution >= 0.6 is 12.6 Å². The lowest BCUT2D eigenvalue weighted by Gasteiger charge is -2.15. The lowest BCUT2D eigenvalue weighted by molar-refractivity contribution is 0.0141. The zero-order valence-corrected chi connectivity index (χ0v) is 9.26. The highest BCUT2D eigenvalue weighted by Gasteiger charge is 2.19. The Kier molecular flexibility index (Phi) is 4.80. The Morgan fingerprint density at radius 3 is 2.60 bits per heavy atom. The number of hydrogen-bond acceptors (Lipinski definition) is 6. The van der Waals surface area contributed by atoms with Gasteiger partial charge in [-0.1, -0.05) is 0 Å². The molecule has 2 unspecified atom stereocenters. The predicted molar refractivity (Wildman–Crippen MR) is 58.0 cm³/mol. The second-order valence-electron chi connectivity index (χ2n) is 3.03. The Balaban J connectivity index is 2.69. The van der Waals surface area contributed by atoms with Crippen molar-refractivity contribution in [2.45, 2.75) is 18.6 Å². The summed E-state index contributed by atoms with van der Waals surface area (Å²) in [7, 11) is 1.48. The van der Waals surface area contributed by atoms with Gasteiger partial charge in [0.25, 0.3) is 0 Å². The topological polar surface area (TPSA) is 75.5 Å². The zero-order chi connectivity index (χ0) is 11.3. The first-order valence-electron chi connectivity index (χ1n) is 4.53. The van der Waals surface area contributed by atoms with Crippen LogP contribution in [-0.4, -0.2) is 39.4 Å². The fourth-order valence-corrected chi connectivity index (χ4v) is 1.35. The van der Waals surface area contributed by atoms with E-state index in [2.05, 4.69) is 22.8 Å². The number of aliphatic hydroxyl groups excluding tert-OH is 2. The molecule has 0 bridgehead atoms. The minimum Gasteiger partial charge on any atom is -0.480 e. The minimum absolute atomic E-state index is 0.324. The van der Waals surface area contributed by atoms with Gasteiger partial charge in [0, 0.05) is 6.07 Å². The molecule has 15 heavy (non-hydrogen) atoms. The van der Waals surface area contributed by atoms with Crippen LogP contribution < -0.4 is 4.74 Å². The molecule has 6 heteroatoms. The van der Waals surface area contributed by atoms with Crippen LogP contribution in [0, 0.1) is 0 Å². The molecule has 0 amide bonds. The number of methoxy groups -OCH3 is 1. The molecular weight excluding hydrogens is 216 g/mol. The van der Waals surface area contributed by atoms with Crippen molar-refractivity contribution in [2.75, 3.05) is 12.9 Å². The largest absolute Gasteiger partial charge is 0.480 e. The average molecular weight is 230 g/mol. The summed E-state index contributed by atoms with van der Waals surface area (Å²) in [4.78, 5) is 0. The van der Waals surface area contributed by atoms with Gasteiger partial charge in [0.2, 0.25) is 5.88 Å². The average Bonchev–Trinajstić information content (AvgIpc) is 2.28. The van der Waals surface area contributed by atoms with Crippen molar-refractivity contribution >= 4 is 12.6 Å². The summed E-state index contributed by atoms with van der Waals surface area (Å²) in [5.41, 5.74) is 0.324. The first kappa shape index (κ1) is 12.2. The SMILES string of the molecule is COc1ccc(C(O)C(O)CCS)nn1. The van der Waals surface area contributed by atoms with Crippen molar-refractivity contribution in [3.8, 4) is 5.88 Å². The molecule has 0 aromatic carbocycles. The van der Waals surface area contributed by atoms with Crippen molar-refractivity contribution < 1.29 is 14.9 Å². The van der Waals surface area contributed by atoms with Gasteiger partial charge < -0.3 is 14.9 Å². The van der Waals surface area contributed by atoms with Crippen molar-refractivity contribution in [1.29, 1.82) is 0 Å². The van der Waals surface area contributed by atoms with Crippen molar-refractivity contribution in [1.82, 2.24) is 10.2 Å². The highest BCUT2D eigenvalue weighted by atomic mass is 32.1. The van der Waals surface area contributed by atoms with Gasteiger partial charge in [-0.25, -0.2) is 0 Å². The fraction of sp³-hybridized carbons (Fsp3) is 0.556. The number of rotatable bonds is 5. The standard InChI is InChI=1S/C9H14N2O3S/c1-14-8-3-2-6(10-11-8)9(13)7(12)4-5-15/h2-3,7,9,12-13,15H,4-5H2,1H3. The predicted octanol–water partition coefficient (Wildman–Crippen LogP) is 0.199. The first-order chi connectivity index (χ1) is 7.19. The van der Waals surface area contributed by atoms with E-state index in [1.54, 1.807) is 12.1 Å². The van der Waals surface area contributed by atoms with E-state index in [-0.39, 0.29) is 0 Å². The molecule has 2 atom stereocenters. The first-order valence-corrected chi connectivity index (χ1v) is 5.17. The molecule has 1 aromatic rings. The Hall–Kier alpha value is -0.850. The van der Waals surface area contributed by atoms with E-state index in [1.807, 2.05) is 0 Å². The Labute approximate surface area is 93.5 Å². The van der Waals surface area contributed by atoms with E-state index < -0.39 is 12.2 Å².